The summed E-state index contributed by atoms with van der Waals surface area (Å²) in [6, 6.07) is 18.8. The highest BCUT2D eigenvalue weighted by atomic mass is 32.2. The van der Waals surface area contributed by atoms with Crippen LogP contribution in [0.25, 0.3) is 0 Å². The van der Waals surface area contributed by atoms with Gasteiger partial charge in [0, 0.05) is 43.8 Å². The van der Waals surface area contributed by atoms with E-state index in [1.54, 1.807) is 36.4 Å². The molecule has 9 heteroatoms. The Hall–Kier alpha value is -2.85. The van der Waals surface area contributed by atoms with Crippen LogP contribution in [-0.2, 0) is 10.2 Å². The molecular formula is C26H29F2N3O3S. The number of hydrogen-bond donors (Lipinski definition) is 2. The van der Waals surface area contributed by atoms with Crippen LogP contribution in [-0.4, -0.2) is 61.6 Å². The van der Waals surface area contributed by atoms with Crippen LogP contribution in [0, 0.1) is 18.6 Å². The Morgan fingerprint density at radius 3 is 1.97 bits per heavy atom. The Balaban J connectivity index is 1.69. The quantitative estimate of drug-likeness (QED) is 0.493. The van der Waals surface area contributed by atoms with Crippen LogP contribution in [0.5, 0.6) is 0 Å². The molecule has 1 aliphatic heterocycles. The van der Waals surface area contributed by atoms with Gasteiger partial charge in [0.25, 0.3) is 0 Å². The van der Waals surface area contributed by atoms with Gasteiger partial charge in [-0.1, -0.05) is 42.0 Å². The van der Waals surface area contributed by atoms with Crippen LogP contribution < -0.4 is 4.72 Å². The van der Waals surface area contributed by atoms with Crippen LogP contribution >= 0.6 is 0 Å². The third-order valence-electron chi connectivity index (χ3n) is 6.36. The van der Waals surface area contributed by atoms with Gasteiger partial charge in [0.2, 0.25) is 0 Å². The Bertz CT molecular complexity index is 1170. The lowest BCUT2D eigenvalue weighted by molar-refractivity contribution is 0.0861. The van der Waals surface area contributed by atoms with Gasteiger partial charge in [-0.2, -0.15) is 12.7 Å². The molecule has 0 amide bonds. The normalized spacial score (nSPS) is 17.6. The molecule has 186 valence electrons. The number of piperazine rings is 1. The fraction of sp³-hybridized carbons (Fsp3) is 0.308. The van der Waals surface area contributed by atoms with Crippen molar-refractivity contribution in [3.05, 3.63) is 101 Å². The summed E-state index contributed by atoms with van der Waals surface area (Å²) in [5.74, 6) is -1.14. The lowest BCUT2D eigenvalue weighted by atomic mass is 9.83. The Morgan fingerprint density at radius 1 is 0.914 bits per heavy atom. The Kier molecular flexibility index (Phi) is 7.81. The minimum absolute atomic E-state index is 0.0928. The number of aliphatic hydroxyl groups excluding tert-OH is 1. The van der Waals surface area contributed by atoms with E-state index >= 15 is 0 Å². The van der Waals surface area contributed by atoms with E-state index in [1.807, 2.05) is 24.0 Å². The average molecular weight is 502 g/mol. The third kappa shape index (κ3) is 6.05. The summed E-state index contributed by atoms with van der Waals surface area (Å²) in [4.78, 5) is 2.04. The molecular weight excluding hydrogens is 472 g/mol. The van der Waals surface area contributed by atoms with E-state index in [-0.39, 0.29) is 43.3 Å². The number of halogens is 2. The number of benzene rings is 3. The van der Waals surface area contributed by atoms with Crippen molar-refractivity contribution in [3.63, 3.8) is 0 Å². The molecule has 6 nitrogen and oxygen atoms in total. The van der Waals surface area contributed by atoms with Gasteiger partial charge in [0.1, 0.15) is 11.6 Å². The molecule has 0 aromatic heterocycles. The molecule has 1 aliphatic rings. The first kappa shape index (κ1) is 25.2. The summed E-state index contributed by atoms with van der Waals surface area (Å²) in [5, 5.41) is 9.69. The molecule has 4 rings (SSSR count). The second-order valence-corrected chi connectivity index (χ2v) is 10.4. The van der Waals surface area contributed by atoms with Crippen LogP contribution in [0.3, 0.4) is 0 Å². The van der Waals surface area contributed by atoms with Gasteiger partial charge >= 0.3 is 10.2 Å². The molecule has 0 bridgehead atoms. The fourth-order valence-corrected chi connectivity index (χ4v) is 5.81. The third-order valence-corrected chi connectivity index (χ3v) is 7.87. The summed E-state index contributed by atoms with van der Waals surface area (Å²) < 4.78 is 58.0. The van der Waals surface area contributed by atoms with Gasteiger partial charge in [0.05, 0.1) is 6.61 Å². The molecule has 2 N–H and O–H groups in total. The van der Waals surface area contributed by atoms with Crippen molar-refractivity contribution in [2.75, 3.05) is 37.5 Å². The molecule has 1 unspecified atom stereocenters. The number of aryl methyl sites for hydroxylation is 1. The largest absolute Gasteiger partial charge is 0.395 e. The van der Waals surface area contributed by atoms with E-state index < -0.39 is 10.2 Å². The van der Waals surface area contributed by atoms with Gasteiger partial charge in [-0.15, -0.1) is 0 Å². The predicted molar refractivity (Wildman–Crippen MR) is 132 cm³/mol. The molecule has 1 heterocycles. The molecule has 1 fully saturated rings. The summed E-state index contributed by atoms with van der Waals surface area (Å²) in [6.07, 6.45) is 0. The number of rotatable bonds is 8. The van der Waals surface area contributed by atoms with Crippen molar-refractivity contribution < 1.29 is 22.3 Å². The SMILES string of the molecule is Cc1ccc(NS(=O)(=O)N2CCN(CCO)C(C(c3ccc(F)cc3)c3ccc(F)cc3)C2)cc1. The second kappa shape index (κ2) is 10.8. The first-order valence-electron chi connectivity index (χ1n) is 11.5. The molecule has 0 aliphatic carbocycles. The highest BCUT2D eigenvalue weighted by Gasteiger charge is 2.38. The van der Waals surface area contributed by atoms with Crippen molar-refractivity contribution in [3.8, 4) is 0 Å². The van der Waals surface area contributed by atoms with E-state index in [2.05, 4.69) is 4.72 Å². The number of anilines is 1. The monoisotopic (exact) mass is 501 g/mol. The van der Waals surface area contributed by atoms with Crippen LogP contribution in [0.1, 0.15) is 22.6 Å². The highest BCUT2D eigenvalue weighted by Crippen LogP contribution is 2.34. The van der Waals surface area contributed by atoms with Crippen LogP contribution in [0.15, 0.2) is 72.8 Å². The lowest BCUT2D eigenvalue weighted by Gasteiger charge is -2.44. The maximum atomic E-state index is 13.7. The molecule has 1 saturated heterocycles. The predicted octanol–water partition coefficient (Wildman–Crippen LogP) is 3.74. The zero-order valence-electron chi connectivity index (χ0n) is 19.4. The molecule has 35 heavy (non-hydrogen) atoms. The smallest absolute Gasteiger partial charge is 0.301 e. The highest BCUT2D eigenvalue weighted by molar-refractivity contribution is 7.90. The molecule has 1 atom stereocenters. The molecule has 0 spiro atoms. The molecule has 0 radical (unpaired) electrons. The number of nitrogens with one attached hydrogen (secondary N) is 1. The topological polar surface area (TPSA) is 72.9 Å². The van der Waals surface area contributed by atoms with Gasteiger partial charge in [-0.25, -0.2) is 8.78 Å². The maximum Gasteiger partial charge on any atom is 0.301 e. The standard InChI is InChI=1S/C26H29F2N3O3S/c1-19-2-12-24(13-3-19)29-35(33,34)31-15-14-30(16-17-32)25(18-31)26(20-4-8-22(27)9-5-20)21-6-10-23(28)11-7-21/h2-13,25-26,29,32H,14-18H2,1H3. The van der Waals surface area contributed by atoms with E-state index in [4.69, 9.17) is 0 Å². The van der Waals surface area contributed by atoms with Crippen LogP contribution in [0.4, 0.5) is 14.5 Å². The van der Waals surface area contributed by atoms with Crippen molar-refractivity contribution in [1.82, 2.24) is 9.21 Å². The van der Waals surface area contributed by atoms with E-state index in [0.717, 1.165) is 16.7 Å². The zero-order chi connectivity index (χ0) is 25.0. The van der Waals surface area contributed by atoms with Crippen molar-refractivity contribution >= 4 is 15.9 Å². The number of aliphatic hydroxyl groups is 1. The summed E-state index contributed by atoms with van der Waals surface area (Å²) >= 11 is 0. The van der Waals surface area contributed by atoms with Gasteiger partial charge in [-0.05, 0) is 54.4 Å². The average Bonchev–Trinajstić information content (AvgIpc) is 2.84. The van der Waals surface area contributed by atoms with E-state index in [1.165, 1.54) is 28.6 Å². The number of β-amino-alcohol motifs (C(OH)–C–C–N with tert-alkyl or cyclic N) is 1. The first-order chi connectivity index (χ1) is 16.8. The number of hydrogen-bond acceptors (Lipinski definition) is 4. The Morgan fingerprint density at radius 2 is 1.46 bits per heavy atom. The van der Waals surface area contributed by atoms with Crippen molar-refractivity contribution in [2.24, 2.45) is 0 Å². The van der Waals surface area contributed by atoms with Gasteiger partial charge in [0.15, 0.2) is 0 Å². The summed E-state index contributed by atoms with van der Waals surface area (Å²) in [7, 11) is -3.86. The Labute approximate surface area is 205 Å². The van der Waals surface area contributed by atoms with Crippen LogP contribution in [0.2, 0.25) is 0 Å². The van der Waals surface area contributed by atoms with Gasteiger partial charge in [-0.3, -0.25) is 9.62 Å². The molecule has 0 saturated carbocycles. The minimum Gasteiger partial charge on any atom is -0.395 e. The number of nitrogens with zero attached hydrogens (tertiary/aromatic N) is 2. The fourth-order valence-electron chi connectivity index (χ4n) is 4.57. The molecule has 3 aromatic rings. The van der Waals surface area contributed by atoms with E-state index in [0.29, 0.717) is 18.8 Å². The lowest BCUT2D eigenvalue weighted by Crippen LogP contribution is -2.58. The summed E-state index contributed by atoms with van der Waals surface area (Å²) in [6.45, 7) is 2.97. The van der Waals surface area contributed by atoms with Crippen molar-refractivity contribution in [1.29, 1.82) is 0 Å². The van der Waals surface area contributed by atoms with Gasteiger partial charge < -0.3 is 5.11 Å². The van der Waals surface area contributed by atoms with E-state index in [9.17, 15) is 22.3 Å². The minimum atomic E-state index is -3.86. The zero-order valence-corrected chi connectivity index (χ0v) is 20.3. The molecule has 3 aromatic carbocycles. The maximum absolute atomic E-state index is 13.7. The van der Waals surface area contributed by atoms with Crippen molar-refractivity contribution in [2.45, 2.75) is 18.9 Å². The summed E-state index contributed by atoms with van der Waals surface area (Å²) in [5.41, 5.74) is 3.04. The first-order valence-corrected chi connectivity index (χ1v) is 12.9. The second-order valence-electron chi connectivity index (χ2n) is 8.74.